The molecular weight excluding hydrogens is 410 g/mol. The van der Waals surface area contributed by atoms with Crippen molar-refractivity contribution in [2.24, 2.45) is 0 Å². The summed E-state index contributed by atoms with van der Waals surface area (Å²) in [5.74, 6) is 1.36. The topological polar surface area (TPSA) is 65.4 Å². The van der Waals surface area contributed by atoms with E-state index in [4.69, 9.17) is 9.47 Å². The average Bonchev–Trinajstić information content (AvgIpc) is 3.03. The van der Waals surface area contributed by atoms with Crippen molar-refractivity contribution in [3.63, 3.8) is 0 Å². The Bertz CT molecular complexity index is 969. The van der Waals surface area contributed by atoms with E-state index in [-0.39, 0.29) is 5.91 Å². The third-order valence-corrected chi connectivity index (χ3v) is 4.73. The van der Waals surface area contributed by atoms with Crippen molar-refractivity contribution in [3.8, 4) is 11.5 Å². The first kappa shape index (κ1) is 19.2. The standard InChI is InChI=1S/C20H22BrN3O3/c1-4-10-27-18-14(21)11-13(12-17(18)26-3)19(25)23-20-22-15-8-6-7-9-16(15)24(20)5-2/h6-9,11-12H,4-5,10H2,1-3H3,(H,22,23,25). The van der Waals surface area contributed by atoms with Crippen LogP contribution in [-0.4, -0.2) is 29.2 Å². The molecular formula is C20H22BrN3O3. The lowest BCUT2D eigenvalue weighted by Crippen LogP contribution is -2.16. The lowest BCUT2D eigenvalue weighted by molar-refractivity contribution is 0.102. The number of rotatable bonds is 7. The van der Waals surface area contributed by atoms with Gasteiger partial charge in [0.1, 0.15) is 0 Å². The van der Waals surface area contributed by atoms with Crippen LogP contribution >= 0.6 is 15.9 Å². The molecule has 2 aromatic carbocycles. The van der Waals surface area contributed by atoms with Crippen LogP contribution < -0.4 is 14.8 Å². The van der Waals surface area contributed by atoms with Crippen LogP contribution in [0.3, 0.4) is 0 Å². The van der Waals surface area contributed by atoms with Crippen molar-refractivity contribution < 1.29 is 14.3 Å². The van der Waals surface area contributed by atoms with Crippen LogP contribution in [0.5, 0.6) is 11.5 Å². The third-order valence-electron chi connectivity index (χ3n) is 4.14. The Morgan fingerprint density at radius 3 is 2.74 bits per heavy atom. The Kier molecular flexibility index (Phi) is 6.01. The lowest BCUT2D eigenvalue weighted by Gasteiger charge is -2.14. The predicted octanol–water partition coefficient (Wildman–Crippen LogP) is 4.87. The quantitative estimate of drug-likeness (QED) is 0.579. The van der Waals surface area contributed by atoms with Gasteiger partial charge in [-0.3, -0.25) is 10.1 Å². The summed E-state index contributed by atoms with van der Waals surface area (Å²) in [6.45, 7) is 5.32. The number of aryl methyl sites for hydroxylation is 1. The number of fused-ring (bicyclic) bond motifs is 1. The van der Waals surface area contributed by atoms with Gasteiger partial charge in [-0.05, 0) is 53.5 Å². The number of para-hydroxylation sites is 2. The highest BCUT2D eigenvalue weighted by atomic mass is 79.9. The number of methoxy groups -OCH3 is 1. The third kappa shape index (κ3) is 3.93. The van der Waals surface area contributed by atoms with Crippen molar-refractivity contribution in [1.82, 2.24) is 9.55 Å². The summed E-state index contributed by atoms with van der Waals surface area (Å²) in [6, 6.07) is 11.2. The first-order chi connectivity index (χ1) is 13.1. The molecule has 0 saturated heterocycles. The van der Waals surface area contributed by atoms with Gasteiger partial charge in [0, 0.05) is 12.1 Å². The van der Waals surface area contributed by atoms with E-state index in [1.807, 2.05) is 42.7 Å². The number of nitrogens with zero attached hydrogens (tertiary/aromatic N) is 2. The monoisotopic (exact) mass is 431 g/mol. The van der Waals surface area contributed by atoms with Crippen LogP contribution in [0, 0.1) is 0 Å². The summed E-state index contributed by atoms with van der Waals surface area (Å²) < 4.78 is 13.8. The molecule has 0 aliphatic heterocycles. The van der Waals surface area contributed by atoms with E-state index < -0.39 is 0 Å². The number of aromatic nitrogens is 2. The maximum atomic E-state index is 12.8. The zero-order valence-electron chi connectivity index (χ0n) is 15.6. The van der Waals surface area contributed by atoms with Crippen LogP contribution in [0.4, 0.5) is 5.95 Å². The molecule has 3 rings (SSSR count). The van der Waals surface area contributed by atoms with Crippen LogP contribution in [-0.2, 0) is 6.54 Å². The molecule has 27 heavy (non-hydrogen) atoms. The van der Waals surface area contributed by atoms with Gasteiger partial charge in [0.2, 0.25) is 5.95 Å². The van der Waals surface area contributed by atoms with Crippen molar-refractivity contribution in [2.45, 2.75) is 26.8 Å². The van der Waals surface area contributed by atoms with Gasteiger partial charge in [-0.25, -0.2) is 4.98 Å². The largest absolute Gasteiger partial charge is 0.493 e. The zero-order valence-corrected chi connectivity index (χ0v) is 17.2. The van der Waals surface area contributed by atoms with E-state index in [0.29, 0.717) is 40.6 Å². The molecule has 0 radical (unpaired) electrons. The number of amides is 1. The predicted molar refractivity (Wildman–Crippen MR) is 110 cm³/mol. The molecule has 0 bridgehead atoms. The van der Waals surface area contributed by atoms with Crippen LogP contribution in [0.15, 0.2) is 40.9 Å². The van der Waals surface area contributed by atoms with Gasteiger partial charge < -0.3 is 14.0 Å². The van der Waals surface area contributed by atoms with Gasteiger partial charge in [-0.15, -0.1) is 0 Å². The molecule has 1 aromatic heterocycles. The minimum absolute atomic E-state index is 0.263. The van der Waals surface area contributed by atoms with Crippen LogP contribution in [0.2, 0.25) is 0 Å². The van der Waals surface area contributed by atoms with E-state index in [1.54, 1.807) is 19.2 Å². The number of hydrogen-bond donors (Lipinski definition) is 1. The lowest BCUT2D eigenvalue weighted by atomic mass is 10.2. The summed E-state index contributed by atoms with van der Waals surface area (Å²) in [7, 11) is 1.55. The smallest absolute Gasteiger partial charge is 0.258 e. The van der Waals surface area contributed by atoms with E-state index >= 15 is 0 Å². The van der Waals surface area contributed by atoms with Crippen LogP contribution in [0.25, 0.3) is 11.0 Å². The number of nitrogens with one attached hydrogen (secondary N) is 1. The maximum Gasteiger partial charge on any atom is 0.258 e. The minimum atomic E-state index is -0.263. The summed E-state index contributed by atoms with van der Waals surface area (Å²) in [5.41, 5.74) is 2.28. The Balaban J connectivity index is 1.91. The summed E-state index contributed by atoms with van der Waals surface area (Å²) in [5, 5.41) is 2.90. The van der Waals surface area contributed by atoms with Crippen molar-refractivity contribution in [3.05, 3.63) is 46.4 Å². The van der Waals surface area contributed by atoms with Gasteiger partial charge in [-0.1, -0.05) is 19.1 Å². The normalized spacial score (nSPS) is 10.8. The van der Waals surface area contributed by atoms with Crippen LogP contribution in [0.1, 0.15) is 30.6 Å². The fraction of sp³-hybridized carbons (Fsp3) is 0.300. The maximum absolute atomic E-state index is 12.8. The number of ether oxygens (including phenoxy) is 2. The molecule has 6 nitrogen and oxygen atoms in total. The number of halogens is 1. The van der Waals surface area contributed by atoms with Gasteiger partial charge >= 0.3 is 0 Å². The SMILES string of the molecule is CCCOc1c(Br)cc(C(=O)Nc2nc3ccccc3n2CC)cc1OC. The first-order valence-electron chi connectivity index (χ1n) is 8.86. The number of hydrogen-bond acceptors (Lipinski definition) is 4. The molecule has 142 valence electrons. The molecule has 1 heterocycles. The summed E-state index contributed by atoms with van der Waals surface area (Å²) in [4.78, 5) is 17.4. The van der Waals surface area contributed by atoms with E-state index in [0.717, 1.165) is 17.5 Å². The summed E-state index contributed by atoms with van der Waals surface area (Å²) in [6.07, 6.45) is 0.880. The van der Waals surface area contributed by atoms with E-state index in [1.165, 1.54) is 0 Å². The fourth-order valence-electron chi connectivity index (χ4n) is 2.86. The van der Waals surface area contributed by atoms with E-state index in [9.17, 15) is 4.79 Å². The fourth-order valence-corrected chi connectivity index (χ4v) is 3.42. The van der Waals surface area contributed by atoms with Crippen molar-refractivity contribution in [1.29, 1.82) is 0 Å². The van der Waals surface area contributed by atoms with E-state index in [2.05, 4.69) is 26.2 Å². The second kappa shape index (κ2) is 8.43. The number of carbonyl (C=O) groups excluding carboxylic acids is 1. The van der Waals surface area contributed by atoms with Gasteiger partial charge in [0.05, 0.1) is 29.2 Å². The molecule has 7 heteroatoms. The van der Waals surface area contributed by atoms with Gasteiger partial charge in [-0.2, -0.15) is 0 Å². The highest BCUT2D eigenvalue weighted by Crippen LogP contribution is 2.37. The zero-order chi connectivity index (χ0) is 19.4. The molecule has 0 unspecified atom stereocenters. The second-order valence-corrected chi connectivity index (χ2v) is 6.81. The molecule has 1 N–H and O–H groups in total. The molecule has 3 aromatic rings. The summed E-state index contributed by atoms with van der Waals surface area (Å²) >= 11 is 3.47. The molecule has 0 spiro atoms. The molecule has 0 fully saturated rings. The first-order valence-corrected chi connectivity index (χ1v) is 9.65. The molecule has 0 atom stereocenters. The Morgan fingerprint density at radius 1 is 1.26 bits per heavy atom. The molecule has 0 aliphatic rings. The van der Waals surface area contributed by atoms with Gasteiger partial charge in [0.15, 0.2) is 11.5 Å². The van der Waals surface area contributed by atoms with Crippen molar-refractivity contribution in [2.75, 3.05) is 19.0 Å². The average molecular weight is 432 g/mol. The molecule has 0 saturated carbocycles. The minimum Gasteiger partial charge on any atom is -0.493 e. The number of benzene rings is 2. The highest BCUT2D eigenvalue weighted by Gasteiger charge is 2.18. The Hall–Kier alpha value is -2.54. The Labute approximate surface area is 166 Å². The second-order valence-electron chi connectivity index (χ2n) is 5.96. The molecule has 0 aliphatic carbocycles. The molecule has 1 amide bonds. The number of imidazole rings is 1. The van der Waals surface area contributed by atoms with Gasteiger partial charge in [0.25, 0.3) is 5.91 Å². The Morgan fingerprint density at radius 2 is 2.04 bits per heavy atom. The number of carbonyl (C=O) groups is 1. The number of anilines is 1. The highest BCUT2D eigenvalue weighted by molar-refractivity contribution is 9.10. The van der Waals surface area contributed by atoms with Crippen molar-refractivity contribution >= 4 is 38.8 Å².